The number of rotatable bonds is 0. The summed E-state index contributed by atoms with van der Waals surface area (Å²) in [6.45, 7) is 0. The zero-order chi connectivity index (χ0) is 12.2. The van der Waals surface area contributed by atoms with Crippen molar-refractivity contribution in [1.29, 1.82) is 0 Å². The van der Waals surface area contributed by atoms with Crippen molar-refractivity contribution < 1.29 is 0 Å². The van der Waals surface area contributed by atoms with E-state index in [1.54, 1.807) is 11.3 Å². The van der Waals surface area contributed by atoms with E-state index in [9.17, 15) is 0 Å². The van der Waals surface area contributed by atoms with Crippen LogP contribution < -0.4 is 0 Å². The molecular formula is C14H10N2S2. The molecule has 0 aliphatic rings. The molecular weight excluding hydrogens is 260 g/mol. The lowest BCUT2D eigenvalue weighted by Gasteiger charge is -1.82. The topological polar surface area (TPSA) is 25.8 Å². The van der Waals surface area contributed by atoms with Crippen LogP contribution in [0.1, 0.15) is 0 Å². The molecule has 18 heavy (non-hydrogen) atoms. The number of aromatic nitrogens is 2. The van der Waals surface area contributed by atoms with Gasteiger partial charge in [-0.1, -0.05) is 34.8 Å². The number of thiophene rings is 1. The molecule has 0 saturated carbocycles. The highest BCUT2D eigenvalue weighted by Gasteiger charge is 1.91. The van der Waals surface area contributed by atoms with Crippen LogP contribution in [0.2, 0.25) is 0 Å². The van der Waals surface area contributed by atoms with E-state index in [2.05, 4.69) is 45.3 Å². The van der Waals surface area contributed by atoms with Crippen LogP contribution in [0.15, 0.2) is 60.0 Å². The van der Waals surface area contributed by atoms with E-state index >= 15 is 0 Å². The minimum absolute atomic E-state index is 0.988. The standard InChI is InChI=1S/C8H6S.C6H4N2S/c1-2-4-8-7(3-1)5-6-9-8;1-2-4-6-5(3-1)7-8-9-6/h1-6H;1-4H. The van der Waals surface area contributed by atoms with Gasteiger partial charge in [-0.05, 0) is 46.6 Å². The van der Waals surface area contributed by atoms with Crippen LogP contribution in [0.4, 0.5) is 0 Å². The van der Waals surface area contributed by atoms with Crippen molar-refractivity contribution in [3.8, 4) is 0 Å². The summed E-state index contributed by atoms with van der Waals surface area (Å²) in [5.41, 5.74) is 0.988. The van der Waals surface area contributed by atoms with E-state index in [4.69, 9.17) is 0 Å². The van der Waals surface area contributed by atoms with E-state index in [1.807, 2.05) is 24.3 Å². The molecule has 0 atom stereocenters. The fourth-order valence-corrected chi connectivity index (χ4v) is 2.98. The summed E-state index contributed by atoms with van der Waals surface area (Å²) in [7, 11) is 0. The molecule has 2 aromatic carbocycles. The Kier molecular flexibility index (Phi) is 3.30. The van der Waals surface area contributed by atoms with Crippen LogP contribution in [0, 0.1) is 0 Å². The summed E-state index contributed by atoms with van der Waals surface area (Å²) in [5, 5.41) is 7.35. The van der Waals surface area contributed by atoms with Gasteiger partial charge in [-0.25, -0.2) is 0 Å². The second kappa shape index (κ2) is 5.25. The van der Waals surface area contributed by atoms with Gasteiger partial charge in [-0.15, -0.1) is 16.4 Å². The van der Waals surface area contributed by atoms with Gasteiger partial charge in [-0.2, -0.15) is 0 Å². The van der Waals surface area contributed by atoms with Gasteiger partial charge in [0.1, 0.15) is 5.52 Å². The highest BCUT2D eigenvalue weighted by molar-refractivity contribution is 7.17. The zero-order valence-electron chi connectivity index (χ0n) is 9.48. The number of nitrogens with zero attached hydrogens (tertiary/aromatic N) is 2. The van der Waals surface area contributed by atoms with Gasteiger partial charge in [0.05, 0.1) is 4.70 Å². The van der Waals surface area contributed by atoms with Crippen LogP contribution in [0.3, 0.4) is 0 Å². The smallest absolute Gasteiger partial charge is 0.105 e. The Balaban J connectivity index is 0.000000111. The maximum atomic E-state index is 3.89. The first-order valence-electron chi connectivity index (χ1n) is 5.53. The third-order valence-electron chi connectivity index (χ3n) is 2.51. The molecule has 4 rings (SSSR count). The molecule has 0 spiro atoms. The Labute approximate surface area is 113 Å². The number of fused-ring (bicyclic) bond motifs is 2. The summed E-state index contributed by atoms with van der Waals surface area (Å²) in [4.78, 5) is 0. The van der Waals surface area contributed by atoms with Gasteiger partial charge in [0.25, 0.3) is 0 Å². The number of hydrogen-bond donors (Lipinski definition) is 0. The summed E-state index contributed by atoms with van der Waals surface area (Å²) in [6, 6.07) is 18.5. The van der Waals surface area contributed by atoms with Crippen LogP contribution in [0.5, 0.6) is 0 Å². The van der Waals surface area contributed by atoms with E-state index in [1.165, 1.54) is 21.6 Å². The second-order valence-corrected chi connectivity index (χ2v) is 5.43. The van der Waals surface area contributed by atoms with Crippen molar-refractivity contribution in [2.24, 2.45) is 0 Å². The molecule has 0 aliphatic heterocycles. The zero-order valence-corrected chi connectivity index (χ0v) is 11.1. The average molecular weight is 270 g/mol. The molecule has 0 fully saturated rings. The SMILES string of the molecule is c1ccc2sccc2c1.c1ccc2snnc2c1. The third-order valence-corrected chi connectivity index (χ3v) is 4.12. The van der Waals surface area contributed by atoms with Gasteiger partial charge in [0.2, 0.25) is 0 Å². The Bertz CT molecular complexity index is 632. The lowest BCUT2D eigenvalue weighted by atomic mass is 10.3. The van der Waals surface area contributed by atoms with E-state index in [0.29, 0.717) is 0 Å². The molecule has 0 aliphatic carbocycles. The molecule has 88 valence electrons. The van der Waals surface area contributed by atoms with Gasteiger partial charge < -0.3 is 0 Å². The second-order valence-electron chi connectivity index (χ2n) is 3.70. The first-order chi connectivity index (χ1) is 8.93. The fourth-order valence-electron chi connectivity index (χ4n) is 1.63. The van der Waals surface area contributed by atoms with Gasteiger partial charge in [0.15, 0.2) is 0 Å². The van der Waals surface area contributed by atoms with Crippen LogP contribution in [-0.2, 0) is 0 Å². The van der Waals surface area contributed by atoms with Crippen LogP contribution in [0.25, 0.3) is 20.3 Å². The first kappa shape index (κ1) is 11.3. The predicted molar refractivity (Wildman–Crippen MR) is 79.2 cm³/mol. The summed E-state index contributed by atoms with van der Waals surface area (Å²) in [5.74, 6) is 0. The van der Waals surface area contributed by atoms with Crippen molar-refractivity contribution in [2.75, 3.05) is 0 Å². The minimum atomic E-state index is 0.988. The van der Waals surface area contributed by atoms with Crippen molar-refractivity contribution in [2.45, 2.75) is 0 Å². The fraction of sp³-hybridized carbons (Fsp3) is 0. The van der Waals surface area contributed by atoms with Crippen molar-refractivity contribution >= 4 is 43.2 Å². The quantitative estimate of drug-likeness (QED) is 0.467. The molecule has 0 N–H and O–H groups in total. The van der Waals surface area contributed by atoms with Gasteiger partial charge in [0, 0.05) is 4.70 Å². The highest BCUT2D eigenvalue weighted by atomic mass is 32.1. The van der Waals surface area contributed by atoms with E-state index in [0.717, 1.165) is 10.2 Å². The van der Waals surface area contributed by atoms with Gasteiger partial charge in [-0.3, -0.25) is 0 Å². The normalized spacial score (nSPS) is 10.2. The lowest BCUT2D eigenvalue weighted by molar-refractivity contribution is 1.20. The summed E-state index contributed by atoms with van der Waals surface area (Å²) < 4.78 is 6.32. The average Bonchev–Trinajstić information content (AvgIpc) is 3.08. The van der Waals surface area contributed by atoms with Gasteiger partial charge >= 0.3 is 0 Å². The van der Waals surface area contributed by atoms with Crippen molar-refractivity contribution in [3.05, 3.63) is 60.0 Å². The largest absolute Gasteiger partial charge is 0.144 e. The van der Waals surface area contributed by atoms with Crippen molar-refractivity contribution in [3.63, 3.8) is 0 Å². The molecule has 2 aromatic heterocycles. The molecule has 0 bridgehead atoms. The van der Waals surface area contributed by atoms with Crippen LogP contribution >= 0.6 is 22.9 Å². The maximum Gasteiger partial charge on any atom is 0.105 e. The van der Waals surface area contributed by atoms with E-state index in [-0.39, 0.29) is 0 Å². The Morgan fingerprint density at radius 2 is 1.56 bits per heavy atom. The third kappa shape index (κ3) is 2.39. The molecule has 2 heterocycles. The molecule has 0 amide bonds. The molecule has 4 heteroatoms. The first-order valence-corrected chi connectivity index (χ1v) is 7.18. The Morgan fingerprint density at radius 1 is 0.778 bits per heavy atom. The van der Waals surface area contributed by atoms with Crippen molar-refractivity contribution in [1.82, 2.24) is 9.59 Å². The van der Waals surface area contributed by atoms with E-state index < -0.39 is 0 Å². The minimum Gasteiger partial charge on any atom is -0.144 e. The number of benzene rings is 2. The highest BCUT2D eigenvalue weighted by Crippen LogP contribution is 2.18. The molecule has 2 nitrogen and oxygen atoms in total. The molecule has 4 aromatic rings. The summed E-state index contributed by atoms with van der Waals surface area (Å²) >= 11 is 3.21. The molecule has 0 radical (unpaired) electrons. The monoisotopic (exact) mass is 270 g/mol. The summed E-state index contributed by atoms with van der Waals surface area (Å²) in [6.07, 6.45) is 0. The Morgan fingerprint density at radius 3 is 2.39 bits per heavy atom. The molecule has 0 saturated heterocycles. The Hall–Kier alpha value is -1.78. The van der Waals surface area contributed by atoms with Crippen LogP contribution in [-0.4, -0.2) is 9.59 Å². The predicted octanol–water partition coefficient (Wildman–Crippen LogP) is 4.59. The lowest BCUT2D eigenvalue weighted by Crippen LogP contribution is -1.63. The number of hydrogen-bond acceptors (Lipinski definition) is 4. The maximum absolute atomic E-state index is 3.89. The molecule has 0 unspecified atom stereocenters.